The Labute approximate surface area is 94.8 Å². The minimum absolute atomic E-state index is 0.166. The van der Waals surface area contributed by atoms with Crippen molar-refractivity contribution < 1.29 is 9.53 Å². The first-order valence-corrected chi connectivity index (χ1v) is 5.78. The maximum Gasteiger partial charge on any atom is 0.314 e. The molecule has 1 N–H and O–H groups in total. The SMILES string of the molecule is CCOC(=O)C(C)c1cc2c([nH]1)=CCCC=2. The Hall–Kier alpha value is -1.51. The minimum Gasteiger partial charge on any atom is -0.465 e. The highest BCUT2D eigenvalue weighted by atomic mass is 16.5. The maximum absolute atomic E-state index is 11.6. The Morgan fingerprint density at radius 2 is 2.25 bits per heavy atom. The standard InChI is InChI=1S/C13H17NO2/c1-3-16-13(15)9(2)12-8-10-6-4-5-7-11(10)14-12/h6-9,14H,3-5H2,1-2H3. The van der Waals surface area contributed by atoms with Crippen LogP contribution in [0.4, 0.5) is 0 Å². The Morgan fingerprint density at radius 3 is 2.94 bits per heavy atom. The van der Waals surface area contributed by atoms with Crippen LogP contribution in [0.1, 0.15) is 38.3 Å². The maximum atomic E-state index is 11.6. The van der Waals surface area contributed by atoms with Crippen LogP contribution in [0.2, 0.25) is 0 Å². The number of rotatable bonds is 3. The number of aromatic nitrogens is 1. The van der Waals surface area contributed by atoms with E-state index in [1.807, 2.05) is 19.9 Å². The fraction of sp³-hybridized carbons (Fsp3) is 0.462. The van der Waals surface area contributed by atoms with Gasteiger partial charge in [0.25, 0.3) is 0 Å². The third kappa shape index (κ3) is 2.03. The molecule has 16 heavy (non-hydrogen) atoms. The van der Waals surface area contributed by atoms with Gasteiger partial charge in [-0.15, -0.1) is 0 Å². The summed E-state index contributed by atoms with van der Waals surface area (Å²) in [4.78, 5) is 14.9. The van der Waals surface area contributed by atoms with Gasteiger partial charge in [0.15, 0.2) is 0 Å². The van der Waals surface area contributed by atoms with Gasteiger partial charge in [0.05, 0.1) is 12.5 Å². The van der Waals surface area contributed by atoms with Gasteiger partial charge in [-0.05, 0) is 38.0 Å². The molecule has 0 spiro atoms. The van der Waals surface area contributed by atoms with Crippen molar-refractivity contribution in [3.8, 4) is 0 Å². The Morgan fingerprint density at radius 1 is 1.50 bits per heavy atom. The van der Waals surface area contributed by atoms with Crippen molar-refractivity contribution in [3.05, 3.63) is 22.3 Å². The van der Waals surface area contributed by atoms with Crippen LogP contribution >= 0.6 is 0 Å². The van der Waals surface area contributed by atoms with Crippen LogP contribution in [0.15, 0.2) is 6.07 Å². The molecular formula is C13H17NO2. The summed E-state index contributed by atoms with van der Waals surface area (Å²) in [6, 6.07) is 2.05. The Bertz CT molecular complexity index is 465. The van der Waals surface area contributed by atoms with Gasteiger partial charge >= 0.3 is 5.97 Å². The normalized spacial score (nSPS) is 15.6. The van der Waals surface area contributed by atoms with Crippen molar-refractivity contribution in [2.75, 3.05) is 6.61 Å². The average Bonchev–Trinajstić information content (AvgIpc) is 2.71. The molecule has 1 unspecified atom stereocenters. The lowest BCUT2D eigenvalue weighted by molar-refractivity contribution is -0.144. The number of carbonyl (C=O) groups is 1. The highest BCUT2D eigenvalue weighted by molar-refractivity contribution is 5.77. The third-order valence-electron chi connectivity index (χ3n) is 2.89. The number of hydrogen-bond donors (Lipinski definition) is 1. The van der Waals surface area contributed by atoms with Crippen molar-refractivity contribution in [3.63, 3.8) is 0 Å². The van der Waals surface area contributed by atoms with Gasteiger partial charge in [0, 0.05) is 11.0 Å². The molecule has 2 rings (SSSR count). The zero-order chi connectivity index (χ0) is 11.5. The molecule has 0 amide bonds. The topological polar surface area (TPSA) is 42.1 Å². The molecule has 1 aliphatic carbocycles. The number of H-pyrrole nitrogens is 1. The summed E-state index contributed by atoms with van der Waals surface area (Å²) in [5, 5.41) is 2.34. The highest BCUT2D eigenvalue weighted by Gasteiger charge is 2.17. The monoisotopic (exact) mass is 219 g/mol. The smallest absolute Gasteiger partial charge is 0.314 e. The highest BCUT2D eigenvalue weighted by Crippen LogP contribution is 2.12. The van der Waals surface area contributed by atoms with Crippen molar-refractivity contribution in [1.29, 1.82) is 0 Å². The molecule has 0 aliphatic heterocycles. The van der Waals surface area contributed by atoms with Crippen molar-refractivity contribution in [2.45, 2.75) is 32.6 Å². The predicted octanol–water partition coefficient (Wildman–Crippen LogP) is 1.04. The van der Waals surface area contributed by atoms with E-state index < -0.39 is 0 Å². The summed E-state index contributed by atoms with van der Waals surface area (Å²) >= 11 is 0. The second-order valence-corrected chi connectivity index (χ2v) is 4.05. The van der Waals surface area contributed by atoms with Crippen LogP contribution in [0.3, 0.4) is 0 Å². The second-order valence-electron chi connectivity index (χ2n) is 4.05. The third-order valence-corrected chi connectivity index (χ3v) is 2.89. The van der Waals surface area contributed by atoms with Crippen molar-refractivity contribution in [2.24, 2.45) is 0 Å². The molecule has 0 radical (unpaired) electrons. The van der Waals surface area contributed by atoms with Crippen LogP contribution in [0, 0.1) is 0 Å². The summed E-state index contributed by atoms with van der Waals surface area (Å²) < 4.78 is 5.01. The number of aromatic amines is 1. The number of hydrogen-bond acceptors (Lipinski definition) is 2. The molecule has 0 fully saturated rings. The molecular weight excluding hydrogens is 202 g/mol. The molecule has 1 heterocycles. The summed E-state index contributed by atoms with van der Waals surface area (Å²) in [5.74, 6) is -0.381. The van der Waals surface area contributed by atoms with E-state index in [-0.39, 0.29) is 11.9 Å². The summed E-state index contributed by atoms with van der Waals surface area (Å²) in [6.45, 7) is 4.13. The lowest BCUT2D eigenvalue weighted by atomic mass is 10.1. The van der Waals surface area contributed by atoms with Crippen LogP contribution in [0.25, 0.3) is 12.2 Å². The zero-order valence-electron chi connectivity index (χ0n) is 9.75. The van der Waals surface area contributed by atoms with E-state index in [0.717, 1.165) is 23.9 Å². The van der Waals surface area contributed by atoms with E-state index in [2.05, 4.69) is 17.1 Å². The van der Waals surface area contributed by atoms with Gasteiger partial charge in [0.1, 0.15) is 0 Å². The lowest BCUT2D eigenvalue weighted by Crippen LogP contribution is -2.24. The van der Waals surface area contributed by atoms with Gasteiger partial charge in [-0.25, -0.2) is 0 Å². The first-order valence-electron chi connectivity index (χ1n) is 5.78. The first-order chi connectivity index (χ1) is 7.72. The molecule has 1 aromatic heterocycles. The molecule has 0 bridgehead atoms. The molecule has 1 aromatic rings. The molecule has 0 saturated carbocycles. The first kappa shape index (κ1) is 11.0. The minimum atomic E-state index is -0.215. The van der Waals surface area contributed by atoms with E-state index in [9.17, 15) is 4.79 Å². The number of carbonyl (C=O) groups excluding carboxylic acids is 1. The number of nitrogens with one attached hydrogen (secondary N) is 1. The van der Waals surface area contributed by atoms with Gasteiger partial charge in [-0.3, -0.25) is 4.79 Å². The molecule has 1 aliphatic rings. The van der Waals surface area contributed by atoms with Gasteiger partial charge in [0.2, 0.25) is 0 Å². The van der Waals surface area contributed by atoms with Crippen LogP contribution in [-0.2, 0) is 9.53 Å². The quantitative estimate of drug-likeness (QED) is 0.772. The van der Waals surface area contributed by atoms with E-state index in [4.69, 9.17) is 4.74 Å². The Balaban J connectivity index is 2.29. The Kier molecular flexibility index (Phi) is 3.13. The molecule has 0 saturated heterocycles. The fourth-order valence-corrected chi connectivity index (χ4v) is 1.94. The van der Waals surface area contributed by atoms with Crippen LogP contribution < -0.4 is 10.6 Å². The van der Waals surface area contributed by atoms with E-state index in [1.54, 1.807) is 0 Å². The molecule has 0 aromatic carbocycles. The van der Waals surface area contributed by atoms with Gasteiger partial charge in [-0.2, -0.15) is 0 Å². The number of fused-ring (bicyclic) bond motifs is 1. The van der Waals surface area contributed by atoms with Crippen LogP contribution in [-0.4, -0.2) is 17.6 Å². The van der Waals surface area contributed by atoms with Gasteiger partial charge < -0.3 is 9.72 Å². The van der Waals surface area contributed by atoms with Crippen molar-refractivity contribution >= 4 is 18.1 Å². The number of esters is 1. The lowest BCUT2D eigenvalue weighted by Gasteiger charge is -2.07. The zero-order valence-corrected chi connectivity index (χ0v) is 9.75. The molecule has 1 atom stereocenters. The van der Waals surface area contributed by atoms with Gasteiger partial charge in [-0.1, -0.05) is 12.2 Å². The average molecular weight is 219 g/mol. The summed E-state index contributed by atoms with van der Waals surface area (Å²) in [6.07, 6.45) is 6.53. The molecule has 3 nitrogen and oxygen atoms in total. The summed E-state index contributed by atoms with van der Waals surface area (Å²) in [7, 11) is 0. The van der Waals surface area contributed by atoms with Crippen molar-refractivity contribution in [1.82, 2.24) is 4.98 Å². The van der Waals surface area contributed by atoms with E-state index in [1.165, 1.54) is 5.22 Å². The second kappa shape index (κ2) is 4.56. The predicted molar refractivity (Wildman–Crippen MR) is 63.3 cm³/mol. The summed E-state index contributed by atoms with van der Waals surface area (Å²) in [5.41, 5.74) is 0.942. The fourth-order valence-electron chi connectivity index (χ4n) is 1.94. The van der Waals surface area contributed by atoms with E-state index >= 15 is 0 Å². The molecule has 3 heteroatoms. The van der Waals surface area contributed by atoms with Crippen LogP contribution in [0.5, 0.6) is 0 Å². The van der Waals surface area contributed by atoms with E-state index in [0.29, 0.717) is 6.61 Å². The largest absolute Gasteiger partial charge is 0.465 e. The number of ether oxygens (including phenoxy) is 1. The molecule has 86 valence electrons.